The first-order valence-electron chi connectivity index (χ1n) is 6.08. The molecule has 1 aromatic carbocycles. The molecule has 0 radical (unpaired) electrons. The molecular formula is C14H22N2S. The quantitative estimate of drug-likeness (QED) is 0.621. The summed E-state index contributed by atoms with van der Waals surface area (Å²) in [4.78, 5) is 4.55. The van der Waals surface area contributed by atoms with Crippen LogP contribution in [0.5, 0.6) is 0 Å². The van der Waals surface area contributed by atoms with Gasteiger partial charge in [0.2, 0.25) is 0 Å². The average molecular weight is 250 g/mol. The fourth-order valence-corrected chi connectivity index (χ4v) is 2.53. The van der Waals surface area contributed by atoms with E-state index in [-0.39, 0.29) is 4.75 Å². The summed E-state index contributed by atoms with van der Waals surface area (Å²) in [6, 6.07) is 9.95. The number of thioether (sulfide) groups is 1. The lowest BCUT2D eigenvalue weighted by atomic mass is 10.0. The molecule has 0 amide bonds. The van der Waals surface area contributed by atoms with Gasteiger partial charge in [-0.15, -0.1) is 0 Å². The van der Waals surface area contributed by atoms with Crippen LogP contribution in [-0.2, 0) is 0 Å². The van der Waals surface area contributed by atoms with E-state index in [1.54, 1.807) is 0 Å². The van der Waals surface area contributed by atoms with Gasteiger partial charge in [-0.1, -0.05) is 44.2 Å². The van der Waals surface area contributed by atoms with Crippen LogP contribution in [0, 0.1) is 0 Å². The topological polar surface area (TPSA) is 38.4 Å². The van der Waals surface area contributed by atoms with Crippen LogP contribution in [0.3, 0.4) is 0 Å². The highest BCUT2D eigenvalue weighted by molar-refractivity contribution is 8.00. The largest absolute Gasteiger partial charge is 0.384 e. The Morgan fingerprint density at radius 2 is 1.82 bits per heavy atom. The van der Waals surface area contributed by atoms with Crippen LogP contribution in [0.15, 0.2) is 35.3 Å². The molecule has 0 saturated heterocycles. The molecule has 0 unspecified atom stereocenters. The van der Waals surface area contributed by atoms with E-state index in [4.69, 9.17) is 5.73 Å². The first-order valence-corrected chi connectivity index (χ1v) is 7.30. The van der Waals surface area contributed by atoms with Gasteiger partial charge in [0.05, 0.1) is 6.54 Å². The van der Waals surface area contributed by atoms with Gasteiger partial charge in [-0.05, 0) is 19.1 Å². The fraction of sp³-hybridized carbons (Fsp3) is 0.500. The van der Waals surface area contributed by atoms with Gasteiger partial charge in [0.15, 0.2) is 0 Å². The van der Waals surface area contributed by atoms with E-state index in [0.29, 0.717) is 5.84 Å². The van der Waals surface area contributed by atoms with E-state index >= 15 is 0 Å². The number of rotatable bonds is 6. The van der Waals surface area contributed by atoms with Crippen molar-refractivity contribution in [3.05, 3.63) is 35.9 Å². The monoisotopic (exact) mass is 250 g/mol. The van der Waals surface area contributed by atoms with Crippen molar-refractivity contribution in [1.29, 1.82) is 0 Å². The molecule has 2 N–H and O–H groups in total. The van der Waals surface area contributed by atoms with Crippen molar-refractivity contribution in [3.8, 4) is 0 Å². The van der Waals surface area contributed by atoms with Gasteiger partial charge in [0, 0.05) is 10.3 Å². The van der Waals surface area contributed by atoms with E-state index in [0.717, 1.165) is 24.9 Å². The number of hydrogen-bond donors (Lipinski definition) is 1. The molecule has 2 nitrogen and oxygen atoms in total. The minimum atomic E-state index is 0.236. The SMILES string of the molecule is CCC(CC)(CN=C(N)c1ccccc1)SC. The van der Waals surface area contributed by atoms with Crippen LogP contribution in [0.25, 0.3) is 0 Å². The lowest BCUT2D eigenvalue weighted by molar-refractivity contribution is 0.561. The molecule has 0 atom stereocenters. The van der Waals surface area contributed by atoms with Crippen molar-refractivity contribution in [2.45, 2.75) is 31.4 Å². The Morgan fingerprint density at radius 3 is 2.29 bits per heavy atom. The maximum absolute atomic E-state index is 6.01. The Bertz CT molecular complexity index is 347. The molecule has 0 aromatic heterocycles. The number of aliphatic imine (C=N–C) groups is 1. The summed E-state index contributed by atoms with van der Waals surface area (Å²) in [5.41, 5.74) is 7.02. The van der Waals surface area contributed by atoms with Crippen molar-refractivity contribution >= 4 is 17.6 Å². The van der Waals surface area contributed by atoms with Crippen LogP contribution in [0.2, 0.25) is 0 Å². The summed E-state index contributed by atoms with van der Waals surface area (Å²) in [5.74, 6) is 0.644. The zero-order valence-corrected chi connectivity index (χ0v) is 11.8. The number of nitrogens with two attached hydrogens (primary N) is 1. The van der Waals surface area contributed by atoms with Gasteiger partial charge in [-0.3, -0.25) is 4.99 Å². The molecule has 1 aromatic rings. The lowest BCUT2D eigenvalue weighted by Gasteiger charge is -2.27. The molecule has 3 heteroatoms. The Morgan fingerprint density at radius 1 is 1.24 bits per heavy atom. The van der Waals surface area contributed by atoms with Crippen LogP contribution in [0.4, 0.5) is 0 Å². The van der Waals surface area contributed by atoms with Gasteiger partial charge in [-0.2, -0.15) is 11.8 Å². The molecule has 94 valence electrons. The molecule has 0 aliphatic carbocycles. The van der Waals surface area contributed by atoms with E-state index < -0.39 is 0 Å². The molecule has 1 rings (SSSR count). The average Bonchev–Trinajstić information content (AvgIpc) is 2.41. The fourth-order valence-electron chi connectivity index (χ4n) is 1.76. The van der Waals surface area contributed by atoms with E-state index in [1.165, 1.54) is 0 Å². The number of benzene rings is 1. The zero-order chi connectivity index (χ0) is 12.7. The predicted octanol–water partition coefficient (Wildman–Crippen LogP) is 3.31. The zero-order valence-electron chi connectivity index (χ0n) is 10.9. The molecule has 0 fully saturated rings. The Hall–Kier alpha value is -0.960. The van der Waals surface area contributed by atoms with E-state index in [1.807, 2.05) is 42.1 Å². The second kappa shape index (κ2) is 6.70. The Labute approximate surface area is 109 Å². The van der Waals surface area contributed by atoms with E-state index in [9.17, 15) is 0 Å². The molecule has 0 spiro atoms. The smallest absolute Gasteiger partial charge is 0.125 e. The molecule has 0 saturated carbocycles. The van der Waals surface area contributed by atoms with Gasteiger partial charge in [0.1, 0.15) is 5.84 Å². The Balaban J connectivity index is 2.77. The summed E-state index contributed by atoms with van der Waals surface area (Å²) >= 11 is 1.89. The molecule has 17 heavy (non-hydrogen) atoms. The molecular weight excluding hydrogens is 228 g/mol. The molecule has 0 heterocycles. The van der Waals surface area contributed by atoms with Gasteiger partial charge in [-0.25, -0.2) is 0 Å². The lowest BCUT2D eigenvalue weighted by Crippen LogP contribution is -2.28. The third-order valence-electron chi connectivity index (χ3n) is 3.33. The second-order valence-corrected chi connectivity index (χ2v) is 5.44. The molecule has 0 aliphatic heterocycles. The number of hydrogen-bond acceptors (Lipinski definition) is 2. The number of amidine groups is 1. The standard InChI is InChI=1S/C14H22N2S/c1-4-14(5-2,17-3)11-16-13(15)12-9-7-6-8-10-12/h6-10H,4-5,11H2,1-3H3,(H2,15,16). The van der Waals surface area contributed by atoms with Gasteiger partial charge < -0.3 is 5.73 Å². The third kappa shape index (κ3) is 3.77. The summed E-state index contributed by atoms with van der Waals surface area (Å²) < 4.78 is 0.236. The highest BCUT2D eigenvalue weighted by Crippen LogP contribution is 2.30. The summed E-state index contributed by atoms with van der Waals surface area (Å²) in [6.45, 7) is 5.23. The summed E-state index contributed by atoms with van der Waals surface area (Å²) in [5, 5.41) is 0. The predicted molar refractivity (Wildman–Crippen MR) is 78.9 cm³/mol. The second-order valence-electron chi connectivity index (χ2n) is 4.16. The normalized spacial score (nSPS) is 12.8. The maximum Gasteiger partial charge on any atom is 0.125 e. The van der Waals surface area contributed by atoms with Crippen LogP contribution in [0.1, 0.15) is 32.3 Å². The van der Waals surface area contributed by atoms with Crippen LogP contribution >= 0.6 is 11.8 Å². The van der Waals surface area contributed by atoms with Crippen molar-refractivity contribution in [2.24, 2.45) is 10.7 Å². The highest BCUT2D eigenvalue weighted by Gasteiger charge is 2.24. The van der Waals surface area contributed by atoms with E-state index in [2.05, 4.69) is 25.1 Å². The van der Waals surface area contributed by atoms with Crippen molar-refractivity contribution in [2.75, 3.05) is 12.8 Å². The van der Waals surface area contributed by atoms with Crippen molar-refractivity contribution in [1.82, 2.24) is 0 Å². The minimum absolute atomic E-state index is 0.236. The minimum Gasteiger partial charge on any atom is -0.384 e. The summed E-state index contributed by atoms with van der Waals surface area (Å²) in [7, 11) is 0. The molecule has 0 aliphatic rings. The molecule has 0 bridgehead atoms. The van der Waals surface area contributed by atoms with Crippen LogP contribution < -0.4 is 5.73 Å². The van der Waals surface area contributed by atoms with Crippen molar-refractivity contribution < 1.29 is 0 Å². The Kier molecular flexibility index (Phi) is 5.56. The van der Waals surface area contributed by atoms with Crippen molar-refractivity contribution in [3.63, 3.8) is 0 Å². The van der Waals surface area contributed by atoms with Gasteiger partial charge >= 0.3 is 0 Å². The first kappa shape index (κ1) is 14.1. The highest BCUT2D eigenvalue weighted by atomic mass is 32.2. The third-order valence-corrected chi connectivity index (χ3v) is 4.90. The van der Waals surface area contributed by atoms with Crippen LogP contribution in [-0.4, -0.2) is 23.4 Å². The summed E-state index contributed by atoms with van der Waals surface area (Å²) in [6.07, 6.45) is 4.40. The van der Waals surface area contributed by atoms with Gasteiger partial charge in [0.25, 0.3) is 0 Å². The number of nitrogens with zero attached hydrogens (tertiary/aromatic N) is 1. The maximum atomic E-state index is 6.01. The first-order chi connectivity index (χ1) is 8.17.